The van der Waals surface area contributed by atoms with Crippen molar-refractivity contribution in [2.45, 2.75) is 118 Å². The third-order valence-corrected chi connectivity index (χ3v) is 5.03. The molecule has 6 heteroatoms. The summed E-state index contributed by atoms with van der Waals surface area (Å²) in [5.74, 6) is -0.977. The average Bonchev–Trinajstić information content (AvgIpc) is 2.70. The van der Waals surface area contributed by atoms with Gasteiger partial charge >= 0.3 is 11.9 Å². The van der Waals surface area contributed by atoms with E-state index in [1.165, 1.54) is 0 Å². The summed E-state index contributed by atoms with van der Waals surface area (Å²) in [5.41, 5.74) is -1.70. The maximum atomic E-state index is 12.2. The summed E-state index contributed by atoms with van der Waals surface area (Å²) >= 11 is 0. The largest absolute Gasteiger partial charge is 0.345 e. The van der Waals surface area contributed by atoms with Gasteiger partial charge < -0.3 is 0 Å². The Bertz CT molecular complexity index is 478. The van der Waals surface area contributed by atoms with Crippen molar-refractivity contribution in [3.63, 3.8) is 0 Å². The van der Waals surface area contributed by atoms with Crippen LogP contribution in [0.15, 0.2) is 12.2 Å². The Hall–Kier alpha value is -1.40. The molecule has 0 saturated carbocycles. The van der Waals surface area contributed by atoms with E-state index in [1.807, 2.05) is 13.8 Å². The molecule has 0 fully saturated rings. The molecule has 0 aromatic rings. The lowest BCUT2D eigenvalue weighted by atomic mass is 10.00. The van der Waals surface area contributed by atoms with E-state index < -0.39 is 11.2 Å². The summed E-state index contributed by atoms with van der Waals surface area (Å²) in [6.07, 6.45) is 10.6. The van der Waals surface area contributed by atoms with Gasteiger partial charge in [-0.15, -0.1) is 0 Å². The molecule has 0 bridgehead atoms. The van der Waals surface area contributed by atoms with Gasteiger partial charge in [-0.25, -0.2) is 9.59 Å². The van der Waals surface area contributed by atoms with Crippen LogP contribution in [0.1, 0.15) is 107 Å². The molecule has 0 amide bonds. The van der Waals surface area contributed by atoms with Gasteiger partial charge in [0.1, 0.15) is 11.2 Å². The summed E-state index contributed by atoms with van der Waals surface area (Å²) in [4.78, 5) is 45.4. The second-order valence-corrected chi connectivity index (χ2v) is 9.01. The van der Waals surface area contributed by atoms with Crippen molar-refractivity contribution < 1.29 is 29.1 Å². The molecular weight excluding hydrogens is 384 g/mol. The summed E-state index contributed by atoms with van der Waals surface area (Å²) < 4.78 is 0. The molecule has 6 nitrogen and oxygen atoms in total. The topological polar surface area (TPSA) is 71.1 Å². The van der Waals surface area contributed by atoms with Gasteiger partial charge in [0, 0.05) is 0 Å². The van der Waals surface area contributed by atoms with Crippen LogP contribution in [0.25, 0.3) is 0 Å². The minimum absolute atomic E-state index is 0.150. The Labute approximate surface area is 183 Å². The Morgan fingerprint density at radius 1 is 0.700 bits per heavy atom. The van der Waals surface area contributed by atoms with Crippen LogP contribution in [0.2, 0.25) is 0 Å². The predicted octanol–water partition coefficient (Wildman–Crippen LogP) is 6.48. The van der Waals surface area contributed by atoms with Crippen LogP contribution in [0.5, 0.6) is 0 Å². The third kappa shape index (κ3) is 12.3. The second kappa shape index (κ2) is 14.6. The minimum atomic E-state index is -0.851. The predicted molar refractivity (Wildman–Crippen MR) is 118 cm³/mol. The van der Waals surface area contributed by atoms with Gasteiger partial charge in [0.2, 0.25) is 0 Å². The average molecular weight is 429 g/mol. The molecule has 30 heavy (non-hydrogen) atoms. The smallest absolute Gasteiger partial charge is 0.297 e. The molecule has 2 atom stereocenters. The number of hydrogen-bond donors (Lipinski definition) is 0. The van der Waals surface area contributed by atoms with Gasteiger partial charge in [0.25, 0.3) is 0 Å². The first kappa shape index (κ1) is 28.6. The van der Waals surface area contributed by atoms with Crippen LogP contribution in [0, 0.1) is 11.8 Å². The highest BCUT2D eigenvalue weighted by molar-refractivity contribution is 5.72. The molecule has 0 radical (unpaired) electrons. The summed E-state index contributed by atoms with van der Waals surface area (Å²) in [6, 6.07) is 0. The van der Waals surface area contributed by atoms with Crippen LogP contribution in [-0.2, 0) is 29.1 Å². The quantitative estimate of drug-likeness (QED) is 0.159. The Morgan fingerprint density at radius 2 is 1.03 bits per heavy atom. The SMILES string of the molecule is CCCCC(CC)C(=O)OOC(C)(C)C=CC(C)(C)OOC(=O)C(CC)CCCC. The van der Waals surface area contributed by atoms with Gasteiger partial charge in [-0.3, -0.25) is 9.78 Å². The van der Waals surface area contributed by atoms with Crippen LogP contribution in [0.3, 0.4) is 0 Å². The second-order valence-electron chi connectivity index (χ2n) is 9.01. The molecule has 176 valence electrons. The van der Waals surface area contributed by atoms with E-state index in [9.17, 15) is 9.59 Å². The zero-order valence-corrected chi connectivity index (χ0v) is 20.4. The maximum absolute atomic E-state index is 12.2. The third-order valence-electron chi connectivity index (χ3n) is 5.03. The molecule has 2 unspecified atom stereocenters. The number of carbonyl (C=O) groups is 2. The van der Waals surface area contributed by atoms with Crippen LogP contribution in [-0.4, -0.2) is 23.1 Å². The van der Waals surface area contributed by atoms with Gasteiger partial charge in [-0.2, -0.15) is 9.78 Å². The van der Waals surface area contributed by atoms with E-state index in [0.717, 1.165) is 51.4 Å². The zero-order valence-electron chi connectivity index (χ0n) is 20.4. The Morgan fingerprint density at radius 3 is 1.30 bits per heavy atom. The summed E-state index contributed by atoms with van der Waals surface area (Å²) in [6.45, 7) is 15.3. The first-order valence-electron chi connectivity index (χ1n) is 11.5. The maximum Gasteiger partial charge on any atom is 0.345 e. The number of hydrogen-bond acceptors (Lipinski definition) is 6. The van der Waals surface area contributed by atoms with Gasteiger partial charge in [-0.1, -0.05) is 65.5 Å². The van der Waals surface area contributed by atoms with E-state index in [0.29, 0.717) is 0 Å². The van der Waals surface area contributed by atoms with Crippen molar-refractivity contribution in [2.24, 2.45) is 11.8 Å². The molecule has 0 rings (SSSR count). The van der Waals surface area contributed by atoms with E-state index in [-0.39, 0.29) is 23.8 Å². The highest BCUT2D eigenvalue weighted by Crippen LogP contribution is 2.22. The van der Waals surface area contributed by atoms with Crippen LogP contribution >= 0.6 is 0 Å². The van der Waals surface area contributed by atoms with Gasteiger partial charge in [0.05, 0.1) is 11.8 Å². The Balaban J connectivity index is 4.66. The number of unbranched alkanes of at least 4 members (excludes halogenated alkanes) is 2. The molecule has 0 aliphatic rings. The van der Waals surface area contributed by atoms with Crippen molar-refractivity contribution in [3.8, 4) is 0 Å². The fraction of sp³-hybridized carbons (Fsp3) is 0.833. The zero-order chi connectivity index (χ0) is 23.2. The first-order chi connectivity index (χ1) is 14.0. The Kier molecular flexibility index (Phi) is 13.9. The number of rotatable bonds is 16. The number of carbonyl (C=O) groups excluding carboxylic acids is 2. The lowest BCUT2D eigenvalue weighted by molar-refractivity contribution is -0.320. The van der Waals surface area contributed by atoms with E-state index in [2.05, 4.69) is 13.8 Å². The molecule has 0 aromatic carbocycles. The molecule has 0 spiro atoms. The normalized spacial score (nSPS) is 14.5. The highest BCUT2D eigenvalue weighted by atomic mass is 17.2. The monoisotopic (exact) mass is 428 g/mol. The molecule has 0 saturated heterocycles. The first-order valence-corrected chi connectivity index (χ1v) is 11.5. The molecule has 0 aliphatic heterocycles. The van der Waals surface area contributed by atoms with E-state index in [1.54, 1.807) is 39.8 Å². The summed E-state index contributed by atoms with van der Waals surface area (Å²) in [7, 11) is 0. The summed E-state index contributed by atoms with van der Waals surface area (Å²) in [5, 5.41) is 0. The fourth-order valence-electron chi connectivity index (χ4n) is 2.77. The van der Waals surface area contributed by atoms with E-state index >= 15 is 0 Å². The van der Waals surface area contributed by atoms with Crippen molar-refractivity contribution in [1.29, 1.82) is 0 Å². The highest BCUT2D eigenvalue weighted by Gasteiger charge is 2.27. The standard InChI is InChI=1S/C24H44O6/c1-9-13-15-19(11-3)21(25)27-29-23(5,6)17-18-24(7,8)30-28-22(26)20(12-4)16-14-10-2/h17-20H,9-16H2,1-8H3. The lowest BCUT2D eigenvalue weighted by Crippen LogP contribution is -2.30. The van der Waals surface area contributed by atoms with Crippen molar-refractivity contribution in [3.05, 3.63) is 12.2 Å². The van der Waals surface area contributed by atoms with Crippen LogP contribution in [0.4, 0.5) is 0 Å². The molecule has 0 aliphatic carbocycles. The molecule has 0 aromatic heterocycles. The molecule has 0 N–H and O–H groups in total. The van der Waals surface area contributed by atoms with Crippen molar-refractivity contribution in [1.82, 2.24) is 0 Å². The molecular formula is C24H44O6. The lowest BCUT2D eigenvalue weighted by Gasteiger charge is -2.24. The molecule has 0 heterocycles. The van der Waals surface area contributed by atoms with Gasteiger partial charge in [0.15, 0.2) is 0 Å². The van der Waals surface area contributed by atoms with Gasteiger partial charge in [-0.05, 0) is 53.4 Å². The van der Waals surface area contributed by atoms with Crippen molar-refractivity contribution in [2.75, 3.05) is 0 Å². The van der Waals surface area contributed by atoms with Crippen LogP contribution < -0.4 is 0 Å². The van der Waals surface area contributed by atoms with E-state index in [4.69, 9.17) is 19.6 Å². The fourth-order valence-corrected chi connectivity index (χ4v) is 2.77. The minimum Gasteiger partial charge on any atom is -0.297 e. The van der Waals surface area contributed by atoms with Crippen molar-refractivity contribution >= 4 is 11.9 Å².